The Morgan fingerprint density at radius 3 is 2.90 bits per heavy atom. The molecule has 0 aromatic carbocycles. The Morgan fingerprint density at radius 1 is 1.90 bits per heavy atom. The minimum Gasteiger partial charge on any atom is -0.480 e. The lowest BCUT2D eigenvalue weighted by molar-refractivity contribution is -0.138. The van der Waals surface area contributed by atoms with Gasteiger partial charge in [0, 0.05) is 1.37 Å². The molecule has 2 N–H and O–H groups in total. The highest BCUT2D eigenvalue weighted by Gasteiger charge is 2.07. The largest absolute Gasteiger partial charge is 0.480 e. The lowest BCUT2D eigenvalue weighted by atomic mass is 10.3. The van der Waals surface area contributed by atoms with Crippen LogP contribution in [-0.4, -0.2) is 23.6 Å². The van der Waals surface area contributed by atoms with Gasteiger partial charge in [-0.25, -0.2) is 0 Å². The van der Waals surface area contributed by atoms with Crippen molar-refractivity contribution in [2.75, 3.05) is 6.52 Å². The quantitative estimate of drug-likeness (QED) is 0.604. The second-order valence-electron chi connectivity index (χ2n) is 2.22. The predicted molar refractivity (Wildman–Crippen MR) is 40.0 cm³/mol. The fourth-order valence-corrected chi connectivity index (χ4v) is 0.476. The van der Waals surface area contributed by atoms with Gasteiger partial charge in [-0.05, 0) is 19.9 Å². The number of carbonyl (C=O) groups is 1. The van der Waals surface area contributed by atoms with Gasteiger partial charge in [0.2, 0.25) is 0 Å². The maximum atomic E-state index is 10.3. The van der Waals surface area contributed by atoms with Crippen LogP contribution >= 0.6 is 0 Å². The monoisotopic (exact) mass is 146 g/mol. The molecule has 2 atom stereocenters. The van der Waals surface area contributed by atoms with E-state index in [1.165, 1.54) is 0 Å². The van der Waals surface area contributed by atoms with Gasteiger partial charge in [-0.1, -0.05) is 13.3 Å². The van der Waals surface area contributed by atoms with Gasteiger partial charge in [-0.3, -0.25) is 4.79 Å². The Kier molecular flexibility index (Phi) is 3.94. The zero-order chi connectivity index (χ0) is 8.85. The molecule has 0 fully saturated rings. The summed E-state index contributed by atoms with van der Waals surface area (Å²) in [5, 5.41) is 11.1. The second kappa shape index (κ2) is 5.23. The molecule has 0 saturated heterocycles. The Bertz CT molecular complexity index is 130. The lowest BCUT2D eigenvalue weighted by Gasteiger charge is -2.06. The summed E-state index contributed by atoms with van der Waals surface area (Å²) in [6.07, 6.45) is 1.59. The number of rotatable bonds is 5. The number of hydrogen-bond donors (Lipinski definition) is 2. The van der Waals surface area contributed by atoms with Crippen LogP contribution in [0.25, 0.3) is 0 Å². The van der Waals surface area contributed by atoms with Crippen molar-refractivity contribution in [1.82, 2.24) is 5.32 Å². The van der Waals surface area contributed by atoms with E-state index in [0.29, 0.717) is 6.42 Å². The minimum absolute atomic E-state index is 0.453. The van der Waals surface area contributed by atoms with Gasteiger partial charge in [0.05, 0.1) is 0 Å². The zero-order valence-corrected chi connectivity index (χ0v) is 6.42. The number of hydrogen-bond acceptors (Lipinski definition) is 2. The Balaban J connectivity index is 3.56. The molecule has 0 aliphatic carbocycles. The molecule has 0 radical (unpaired) electrons. The number of nitrogens with one attached hydrogen (secondary N) is 1. The van der Waals surface area contributed by atoms with Gasteiger partial charge in [-0.2, -0.15) is 0 Å². The Hall–Kier alpha value is -0.570. The van der Waals surface area contributed by atoms with Crippen LogP contribution in [0, 0.1) is 0 Å². The maximum absolute atomic E-state index is 10.3. The highest BCUT2D eigenvalue weighted by Crippen LogP contribution is 1.85. The summed E-state index contributed by atoms with van der Waals surface area (Å²) in [5.41, 5.74) is 0. The summed E-state index contributed by atoms with van der Waals surface area (Å²) in [6.45, 7) is 3.06. The van der Waals surface area contributed by atoms with Gasteiger partial charge < -0.3 is 10.4 Å². The van der Waals surface area contributed by atoms with E-state index in [4.69, 9.17) is 6.48 Å². The molecule has 0 heterocycles. The van der Waals surface area contributed by atoms with E-state index < -0.39 is 18.5 Å². The minimum atomic E-state index is -0.904. The first kappa shape index (κ1) is 7.54. The molecule has 0 aromatic heterocycles. The third-order valence-electron chi connectivity index (χ3n) is 1.17. The Labute approximate surface area is 62.8 Å². The van der Waals surface area contributed by atoms with Crippen molar-refractivity contribution in [2.24, 2.45) is 0 Å². The molecule has 3 heteroatoms. The van der Waals surface area contributed by atoms with Gasteiger partial charge in [-0.15, -0.1) is 0 Å². The summed E-state index contributed by atoms with van der Waals surface area (Å²) in [6, 6.07) is -0.621. The molecule has 0 spiro atoms. The average molecular weight is 146 g/mol. The van der Waals surface area contributed by atoms with Crippen LogP contribution in [0.2, 0.25) is 0 Å². The van der Waals surface area contributed by atoms with Crippen molar-refractivity contribution in [3.05, 3.63) is 0 Å². The van der Waals surface area contributed by atoms with Crippen molar-refractivity contribution >= 4 is 5.97 Å². The highest BCUT2D eigenvalue weighted by atomic mass is 16.4. The highest BCUT2D eigenvalue weighted by molar-refractivity contribution is 5.72. The fourth-order valence-electron chi connectivity index (χ4n) is 0.476. The maximum Gasteiger partial charge on any atom is 0.320 e. The first-order valence-electron chi connectivity index (χ1n) is 4.06. The number of carboxylic acids is 1. The van der Waals surface area contributed by atoms with Gasteiger partial charge in [0.1, 0.15) is 6.04 Å². The van der Waals surface area contributed by atoms with E-state index in [1.807, 2.05) is 6.92 Å². The zero-order valence-electron chi connectivity index (χ0n) is 7.42. The van der Waals surface area contributed by atoms with Crippen molar-refractivity contribution in [3.8, 4) is 0 Å². The van der Waals surface area contributed by atoms with Gasteiger partial charge >= 0.3 is 5.97 Å². The molecule has 10 heavy (non-hydrogen) atoms. The summed E-state index contributed by atoms with van der Waals surface area (Å²) in [5.74, 6) is -0.904. The van der Waals surface area contributed by atoms with E-state index in [2.05, 4.69) is 5.32 Å². The number of carboxylic acid groups (broad SMARTS) is 1. The smallest absolute Gasteiger partial charge is 0.320 e. The third-order valence-corrected chi connectivity index (χ3v) is 1.17. The van der Waals surface area contributed by atoms with Crippen LogP contribution < -0.4 is 5.32 Å². The van der Waals surface area contributed by atoms with Crippen LogP contribution in [0.3, 0.4) is 0 Å². The summed E-state index contributed by atoms with van der Waals surface area (Å²) in [4.78, 5) is 10.3. The first-order valence-corrected chi connectivity index (χ1v) is 3.49. The van der Waals surface area contributed by atoms with Crippen LogP contribution in [0.5, 0.6) is 0 Å². The normalized spacial score (nSPS) is 17.6. The van der Waals surface area contributed by atoms with E-state index in [9.17, 15) is 4.79 Å². The predicted octanol–water partition coefficient (Wildman–Crippen LogP) is 0.849. The lowest BCUT2D eigenvalue weighted by Crippen LogP contribution is -2.34. The molecule has 0 saturated carbocycles. The molecular formula is C7H15NO2. The van der Waals surface area contributed by atoms with Crippen LogP contribution in [0.1, 0.15) is 28.1 Å². The van der Waals surface area contributed by atoms with E-state index >= 15 is 0 Å². The van der Waals surface area contributed by atoms with Crippen molar-refractivity contribution in [1.29, 1.82) is 0 Å². The van der Waals surface area contributed by atoms with Gasteiger partial charge in [0.25, 0.3) is 0 Å². The van der Waals surface area contributed by atoms with Gasteiger partial charge in [0.15, 0.2) is 0 Å². The molecule has 60 valence electrons. The third kappa shape index (κ3) is 4.32. The molecule has 0 aliphatic rings. The SMILES string of the molecule is [2H]C(CCC)N[C@@H](C)C(=O)O. The molecule has 3 nitrogen and oxygen atoms in total. The fraction of sp³-hybridized carbons (Fsp3) is 0.857. The average Bonchev–Trinajstić information content (AvgIpc) is 1.87. The van der Waals surface area contributed by atoms with E-state index in [0.717, 1.165) is 6.42 Å². The van der Waals surface area contributed by atoms with Crippen LogP contribution in [0.15, 0.2) is 0 Å². The summed E-state index contributed by atoms with van der Waals surface area (Å²) in [7, 11) is 0. The topological polar surface area (TPSA) is 49.3 Å². The van der Waals surface area contributed by atoms with Crippen molar-refractivity contribution in [3.63, 3.8) is 0 Å². The first-order chi connectivity index (χ1) is 5.07. The Morgan fingerprint density at radius 2 is 2.50 bits per heavy atom. The standard InChI is InChI=1S/C7H15NO2/c1-3-4-5-8-6(2)7(9)10/h6,8H,3-5H2,1-2H3,(H,9,10)/t6-/m0/s1/i5D/t5?,6-. The molecule has 0 rings (SSSR count). The molecule has 1 unspecified atom stereocenters. The molecule has 0 amide bonds. The van der Waals surface area contributed by atoms with E-state index in [-0.39, 0.29) is 0 Å². The molecular weight excluding hydrogens is 130 g/mol. The molecule has 0 bridgehead atoms. The van der Waals surface area contributed by atoms with Crippen LogP contribution in [-0.2, 0) is 4.79 Å². The van der Waals surface area contributed by atoms with E-state index in [1.54, 1.807) is 6.92 Å². The summed E-state index contributed by atoms with van der Waals surface area (Å²) >= 11 is 0. The molecule has 0 aromatic rings. The van der Waals surface area contributed by atoms with Crippen molar-refractivity contribution in [2.45, 2.75) is 32.7 Å². The summed E-state index contributed by atoms with van der Waals surface area (Å²) < 4.78 is 7.32. The number of aliphatic carboxylic acids is 1. The van der Waals surface area contributed by atoms with Crippen LogP contribution in [0.4, 0.5) is 0 Å². The second-order valence-corrected chi connectivity index (χ2v) is 2.22. The van der Waals surface area contributed by atoms with Crippen molar-refractivity contribution < 1.29 is 11.3 Å². The molecule has 0 aliphatic heterocycles.